The monoisotopic (exact) mass is 364 g/mol. The van der Waals surface area contributed by atoms with Crippen LogP contribution in [0.4, 0.5) is 0 Å². The van der Waals surface area contributed by atoms with Gasteiger partial charge >= 0.3 is 6.92 Å². The Morgan fingerprint density at radius 1 is 1.04 bits per heavy atom. The molecule has 0 spiro atoms. The highest BCUT2D eigenvalue weighted by Crippen LogP contribution is 2.19. The molecule has 0 radical (unpaired) electrons. The van der Waals surface area contributed by atoms with Crippen LogP contribution in [-0.4, -0.2) is 34.3 Å². The Morgan fingerprint density at radius 3 is 2.22 bits per heavy atom. The van der Waals surface area contributed by atoms with E-state index in [1.165, 1.54) is 5.01 Å². The lowest BCUT2D eigenvalue weighted by molar-refractivity contribution is 0.0358. The van der Waals surface area contributed by atoms with Crippen LogP contribution in [0.5, 0.6) is 0 Å². The van der Waals surface area contributed by atoms with Crippen LogP contribution >= 0.6 is 0 Å². The van der Waals surface area contributed by atoms with Gasteiger partial charge in [0.25, 0.3) is 11.8 Å². The molecule has 27 heavy (non-hydrogen) atoms. The first-order chi connectivity index (χ1) is 12.6. The van der Waals surface area contributed by atoms with Crippen molar-refractivity contribution in [3.63, 3.8) is 0 Å². The number of nitrogens with zero attached hydrogens (tertiary/aromatic N) is 1. The topological polar surface area (TPSA) is 69.6 Å². The van der Waals surface area contributed by atoms with E-state index in [0.29, 0.717) is 17.4 Å². The summed E-state index contributed by atoms with van der Waals surface area (Å²) in [4.78, 5) is 25.9. The standard InChI is InChI=1S/C21H25BN2O3/c1-13-8-14(2)10-17(9-13)20(26)24(21(3,4)5)23-19(25)15-6-7-16-12-22(27)18(16)11-15/h6-11,27H,12H2,1-5H3,(H,23,25). The SMILES string of the molecule is Cc1cc(C)cc(C(=O)N(NC(=O)c2ccc3c(c2)B(O)C3)C(C)(C)C)c1. The molecule has 0 saturated carbocycles. The number of aryl methyl sites for hydroxylation is 2. The summed E-state index contributed by atoms with van der Waals surface area (Å²) >= 11 is 0. The van der Waals surface area contributed by atoms with Crippen LogP contribution in [-0.2, 0) is 6.32 Å². The second-order valence-electron chi connectivity index (χ2n) is 8.26. The minimum Gasteiger partial charge on any atom is -0.446 e. The molecule has 0 aliphatic carbocycles. The minimum atomic E-state index is -0.607. The maximum absolute atomic E-state index is 13.1. The van der Waals surface area contributed by atoms with Gasteiger partial charge in [0.05, 0.1) is 5.54 Å². The van der Waals surface area contributed by atoms with Gasteiger partial charge in [-0.2, -0.15) is 0 Å². The van der Waals surface area contributed by atoms with Crippen LogP contribution in [0.2, 0.25) is 0 Å². The highest BCUT2D eigenvalue weighted by Gasteiger charge is 2.32. The first kappa shape index (κ1) is 19.2. The van der Waals surface area contributed by atoms with E-state index in [4.69, 9.17) is 0 Å². The third-order valence-electron chi connectivity index (χ3n) is 4.74. The molecular weight excluding hydrogens is 339 g/mol. The van der Waals surface area contributed by atoms with Crippen molar-refractivity contribution in [2.24, 2.45) is 0 Å². The summed E-state index contributed by atoms with van der Waals surface area (Å²) in [6.07, 6.45) is 0.622. The van der Waals surface area contributed by atoms with E-state index >= 15 is 0 Å². The van der Waals surface area contributed by atoms with Gasteiger partial charge in [0.15, 0.2) is 0 Å². The molecular formula is C21H25BN2O3. The highest BCUT2D eigenvalue weighted by atomic mass is 16.2. The largest absolute Gasteiger partial charge is 0.446 e. The van der Waals surface area contributed by atoms with Crippen molar-refractivity contribution in [3.05, 3.63) is 64.2 Å². The molecule has 5 nitrogen and oxygen atoms in total. The first-order valence-corrected chi connectivity index (χ1v) is 9.11. The molecule has 3 rings (SSSR count). The molecule has 0 bridgehead atoms. The predicted molar refractivity (Wildman–Crippen MR) is 107 cm³/mol. The summed E-state index contributed by atoms with van der Waals surface area (Å²) in [6.45, 7) is 8.98. The molecule has 0 fully saturated rings. The lowest BCUT2D eigenvalue weighted by Gasteiger charge is -2.35. The quantitative estimate of drug-likeness (QED) is 0.634. The average molecular weight is 364 g/mol. The molecule has 0 aromatic heterocycles. The Balaban J connectivity index is 1.87. The van der Waals surface area contributed by atoms with Crippen molar-refractivity contribution in [2.45, 2.75) is 46.5 Å². The summed E-state index contributed by atoms with van der Waals surface area (Å²) in [7, 11) is 0. The van der Waals surface area contributed by atoms with E-state index < -0.39 is 12.5 Å². The number of rotatable bonds is 2. The fourth-order valence-electron chi connectivity index (χ4n) is 3.34. The predicted octanol–water partition coefficient (Wildman–Crippen LogP) is 2.18. The van der Waals surface area contributed by atoms with Gasteiger partial charge in [-0.05, 0) is 64.6 Å². The van der Waals surface area contributed by atoms with Crippen LogP contribution in [0.3, 0.4) is 0 Å². The smallest absolute Gasteiger partial charge is 0.328 e. The Hall–Kier alpha value is -2.60. The van der Waals surface area contributed by atoms with Crippen molar-refractivity contribution in [2.75, 3.05) is 0 Å². The van der Waals surface area contributed by atoms with E-state index in [2.05, 4.69) is 5.43 Å². The number of fused-ring (bicyclic) bond motifs is 1. The summed E-state index contributed by atoms with van der Waals surface area (Å²) < 4.78 is 0. The molecule has 0 unspecified atom stereocenters. The highest BCUT2D eigenvalue weighted by molar-refractivity contribution is 6.71. The number of carbonyl (C=O) groups excluding carboxylic acids is 2. The Kier molecular flexibility index (Phi) is 4.87. The van der Waals surface area contributed by atoms with E-state index in [0.717, 1.165) is 22.2 Å². The van der Waals surface area contributed by atoms with E-state index in [9.17, 15) is 14.6 Å². The van der Waals surface area contributed by atoms with Crippen LogP contribution < -0.4 is 10.9 Å². The lowest BCUT2D eigenvalue weighted by atomic mass is 9.46. The number of amides is 2. The summed E-state index contributed by atoms with van der Waals surface area (Å²) in [5.74, 6) is -0.629. The van der Waals surface area contributed by atoms with Crippen molar-refractivity contribution >= 4 is 24.2 Å². The van der Waals surface area contributed by atoms with Gasteiger partial charge in [-0.15, -0.1) is 0 Å². The fourth-order valence-corrected chi connectivity index (χ4v) is 3.34. The summed E-state index contributed by atoms with van der Waals surface area (Å²) in [5, 5.41) is 11.2. The first-order valence-electron chi connectivity index (χ1n) is 9.11. The summed E-state index contributed by atoms with van der Waals surface area (Å²) in [6, 6.07) is 10.9. The second kappa shape index (κ2) is 6.85. The zero-order chi connectivity index (χ0) is 19.9. The zero-order valence-corrected chi connectivity index (χ0v) is 16.5. The molecule has 1 aliphatic heterocycles. The number of hydrazine groups is 1. The molecule has 2 aromatic carbocycles. The number of hydrogen-bond acceptors (Lipinski definition) is 3. The molecule has 0 atom stereocenters. The number of benzene rings is 2. The van der Waals surface area contributed by atoms with Crippen LogP contribution in [0.25, 0.3) is 0 Å². The number of carbonyl (C=O) groups is 2. The number of hydrogen-bond donors (Lipinski definition) is 2. The average Bonchev–Trinajstić information content (AvgIpc) is 2.56. The maximum Gasteiger partial charge on any atom is 0.328 e. The minimum absolute atomic E-state index is 0.258. The van der Waals surface area contributed by atoms with Gasteiger partial charge in [-0.1, -0.05) is 34.9 Å². The van der Waals surface area contributed by atoms with Gasteiger partial charge in [-0.3, -0.25) is 15.0 Å². The fraction of sp³-hybridized carbons (Fsp3) is 0.333. The van der Waals surface area contributed by atoms with Crippen molar-refractivity contribution < 1.29 is 14.6 Å². The molecule has 2 amide bonds. The normalized spacial score (nSPS) is 12.9. The third kappa shape index (κ3) is 3.90. The van der Waals surface area contributed by atoms with Gasteiger partial charge in [-0.25, -0.2) is 5.01 Å². The van der Waals surface area contributed by atoms with E-state index in [1.54, 1.807) is 12.1 Å². The molecule has 2 aromatic rings. The molecule has 2 N–H and O–H groups in total. The zero-order valence-electron chi connectivity index (χ0n) is 16.5. The lowest BCUT2D eigenvalue weighted by Crippen LogP contribution is -2.56. The van der Waals surface area contributed by atoms with Crippen LogP contribution in [0.15, 0.2) is 36.4 Å². The van der Waals surface area contributed by atoms with E-state index in [1.807, 2.05) is 58.9 Å². The molecule has 1 aliphatic rings. The maximum atomic E-state index is 13.1. The van der Waals surface area contributed by atoms with Gasteiger partial charge in [0, 0.05) is 11.1 Å². The third-order valence-corrected chi connectivity index (χ3v) is 4.74. The number of nitrogens with one attached hydrogen (secondary N) is 1. The Bertz CT molecular complexity index is 898. The van der Waals surface area contributed by atoms with Crippen molar-refractivity contribution in [1.82, 2.24) is 10.4 Å². The Morgan fingerprint density at radius 2 is 1.67 bits per heavy atom. The summed E-state index contributed by atoms with van der Waals surface area (Å²) in [5.41, 5.74) is 6.94. The second-order valence-corrected chi connectivity index (χ2v) is 8.26. The van der Waals surface area contributed by atoms with Crippen molar-refractivity contribution in [3.8, 4) is 0 Å². The van der Waals surface area contributed by atoms with Gasteiger partial charge < -0.3 is 5.02 Å². The van der Waals surface area contributed by atoms with Gasteiger partial charge in [0.1, 0.15) is 0 Å². The Labute approximate surface area is 160 Å². The van der Waals surface area contributed by atoms with Crippen LogP contribution in [0.1, 0.15) is 58.2 Å². The molecule has 0 saturated heterocycles. The van der Waals surface area contributed by atoms with Gasteiger partial charge in [0.2, 0.25) is 0 Å². The molecule has 140 valence electrons. The molecule has 6 heteroatoms. The van der Waals surface area contributed by atoms with E-state index in [-0.39, 0.29) is 11.8 Å². The molecule has 1 heterocycles. The van der Waals surface area contributed by atoms with Crippen molar-refractivity contribution in [1.29, 1.82) is 0 Å². The van der Waals surface area contributed by atoms with Crippen LogP contribution in [0, 0.1) is 13.8 Å².